The van der Waals surface area contributed by atoms with E-state index in [0.29, 0.717) is 10.3 Å². The quantitative estimate of drug-likeness (QED) is 0.558. The molecule has 0 amide bonds. The van der Waals surface area contributed by atoms with Crippen LogP contribution in [0.4, 0.5) is 0 Å². The van der Waals surface area contributed by atoms with E-state index in [0.717, 1.165) is 0 Å². The molecule has 0 aromatic carbocycles. The van der Waals surface area contributed by atoms with E-state index in [9.17, 15) is 4.79 Å². The minimum atomic E-state index is -0.185. The molecular formula is C6H9AsN2O2S. The van der Waals surface area contributed by atoms with Crippen LogP contribution in [0.2, 0.25) is 0 Å². The van der Waals surface area contributed by atoms with Crippen molar-refractivity contribution in [3.05, 3.63) is 26.9 Å². The third kappa shape index (κ3) is 2.06. The molecular weight excluding hydrogens is 239 g/mol. The van der Waals surface area contributed by atoms with Gasteiger partial charge >= 0.3 is 82.7 Å². The van der Waals surface area contributed by atoms with Crippen molar-refractivity contribution in [2.45, 2.75) is 4.89 Å². The van der Waals surface area contributed by atoms with Gasteiger partial charge < -0.3 is 0 Å². The summed E-state index contributed by atoms with van der Waals surface area (Å²) in [6, 6.07) is 0. The minimum absolute atomic E-state index is 0.159. The molecule has 0 aliphatic carbocycles. The number of ether oxygens (including phenoxy) is 1. The van der Waals surface area contributed by atoms with Crippen LogP contribution in [-0.2, 0) is 4.74 Å². The van der Waals surface area contributed by atoms with Crippen molar-refractivity contribution in [1.82, 2.24) is 9.97 Å². The van der Waals surface area contributed by atoms with Crippen molar-refractivity contribution in [2.24, 2.45) is 0 Å². The zero-order chi connectivity index (χ0) is 9.14. The van der Waals surface area contributed by atoms with Gasteiger partial charge in [-0.1, -0.05) is 0 Å². The number of aromatic nitrogens is 2. The maximum absolute atomic E-state index is 11.2. The Morgan fingerprint density at radius 1 is 1.75 bits per heavy atom. The van der Waals surface area contributed by atoms with Crippen molar-refractivity contribution in [3.63, 3.8) is 0 Å². The van der Waals surface area contributed by atoms with Gasteiger partial charge in [0.05, 0.1) is 0 Å². The number of rotatable bonds is 2. The van der Waals surface area contributed by atoms with Crippen LogP contribution in [0.1, 0.15) is 10.5 Å². The Bertz CT molecular complexity index is 372. The summed E-state index contributed by atoms with van der Waals surface area (Å²) in [7, 11) is 1.56. The standard InChI is InChI=1S/C6H9AsN2O2S/c1-11-4(7)3-2-8-6(12)9-5(3)10/h2,4H,7H2,1H3,(H2,8,9,10,12). The number of methoxy groups -OCH3 is 1. The van der Waals surface area contributed by atoms with E-state index in [1.807, 2.05) is 0 Å². The van der Waals surface area contributed by atoms with Crippen LogP contribution in [-0.4, -0.2) is 33.9 Å². The molecule has 1 aromatic heterocycles. The third-order valence-corrected chi connectivity index (χ3v) is 2.95. The Balaban J connectivity index is 3.19. The van der Waals surface area contributed by atoms with Gasteiger partial charge in [-0.2, -0.15) is 0 Å². The van der Waals surface area contributed by atoms with Crippen molar-refractivity contribution in [1.29, 1.82) is 0 Å². The van der Waals surface area contributed by atoms with Gasteiger partial charge in [0.25, 0.3) is 0 Å². The number of aromatic amines is 2. The number of H-pyrrole nitrogens is 2. The number of hydrogen-bond donors (Lipinski definition) is 2. The Morgan fingerprint density at radius 3 is 2.92 bits per heavy atom. The number of hydrogen-bond acceptors (Lipinski definition) is 3. The molecule has 0 saturated carbocycles. The third-order valence-electron chi connectivity index (χ3n) is 1.41. The van der Waals surface area contributed by atoms with Crippen LogP contribution in [0.25, 0.3) is 0 Å². The second kappa shape index (κ2) is 4.03. The van der Waals surface area contributed by atoms with Gasteiger partial charge in [0, 0.05) is 0 Å². The first-order valence-corrected chi connectivity index (χ1v) is 5.06. The van der Waals surface area contributed by atoms with Gasteiger partial charge in [-0.25, -0.2) is 0 Å². The Hall–Kier alpha value is -0.382. The molecule has 0 bridgehead atoms. The summed E-state index contributed by atoms with van der Waals surface area (Å²) in [6.07, 6.45) is 1.58. The van der Waals surface area contributed by atoms with Gasteiger partial charge in [-0.15, -0.1) is 0 Å². The van der Waals surface area contributed by atoms with Crippen LogP contribution in [0.3, 0.4) is 0 Å². The molecule has 0 aliphatic rings. The fourth-order valence-corrected chi connectivity index (χ4v) is 1.43. The van der Waals surface area contributed by atoms with Gasteiger partial charge in [0.2, 0.25) is 0 Å². The summed E-state index contributed by atoms with van der Waals surface area (Å²) in [4.78, 5) is 16.3. The van der Waals surface area contributed by atoms with Crippen LogP contribution in [0, 0.1) is 4.77 Å². The Kier molecular flexibility index (Phi) is 3.26. The van der Waals surface area contributed by atoms with Gasteiger partial charge in [-0.3, -0.25) is 0 Å². The van der Waals surface area contributed by atoms with Crippen molar-refractivity contribution in [3.8, 4) is 0 Å². The zero-order valence-corrected chi connectivity index (χ0v) is 9.70. The molecule has 6 heteroatoms. The molecule has 1 aromatic rings. The molecule has 1 heterocycles. The first-order valence-electron chi connectivity index (χ1n) is 3.25. The Morgan fingerprint density at radius 2 is 2.42 bits per heavy atom. The second-order valence-corrected chi connectivity index (χ2v) is 3.86. The van der Waals surface area contributed by atoms with E-state index in [-0.39, 0.29) is 10.5 Å². The van der Waals surface area contributed by atoms with E-state index in [1.165, 1.54) is 16.9 Å². The van der Waals surface area contributed by atoms with Gasteiger partial charge in [0.1, 0.15) is 0 Å². The predicted octanol–water partition coefficient (Wildman–Crippen LogP) is -0.289. The van der Waals surface area contributed by atoms with Crippen LogP contribution in [0.5, 0.6) is 0 Å². The van der Waals surface area contributed by atoms with Crippen molar-refractivity contribution >= 4 is 29.1 Å². The molecule has 12 heavy (non-hydrogen) atoms. The Labute approximate surface area is 82.9 Å². The fraction of sp³-hybridized carbons (Fsp3) is 0.333. The summed E-state index contributed by atoms with van der Waals surface area (Å²) in [5.74, 6) is 0. The fourth-order valence-electron chi connectivity index (χ4n) is 0.759. The average Bonchev–Trinajstić information content (AvgIpc) is 2.03. The van der Waals surface area contributed by atoms with E-state index in [4.69, 9.17) is 17.0 Å². The average molecular weight is 248 g/mol. The maximum atomic E-state index is 11.2. The molecule has 2 unspecified atom stereocenters. The molecule has 0 radical (unpaired) electrons. The van der Waals surface area contributed by atoms with Crippen molar-refractivity contribution in [2.75, 3.05) is 7.11 Å². The van der Waals surface area contributed by atoms with Gasteiger partial charge in [-0.05, 0) is 0 Å². The number of nitrogens with one attached hydrogen (secondary N) is 2. The normalized spacial score (nSPS) is 12.8. The topological polar surface area (TPSA) is 57.9 Å². The summed E-state index contributed by atoms with van der Waals surface area (Å²) < 4.78 is 5.34. The summed E-state index contributed by atoms with van der Waals surface area (Å²) in [5.41, 5.74) is 0.390. The van der Waals surface area contributed by atoms with Crippen LogP contribution in [0.15, 0.2) is 11.0 Å². The molecule has 2 N–H and O–H groups in total. The van der Waals surface area contributed by atoms with E-state index in [1.54, 1.807) is 13.3 Å². The van der Waals surface area contributed by atoms with Crippen LogP contribution < -0.4 is 5.56 Å². The molecule has 2 atom stereocenters. The first-order chi connectivity index (χ1) is 5.65. The van der Waals surface area contributed by atoms with Crippen LogP contribution >= 0.6 is 12.2 Å². The molecule has 4 nitrogen and oxygen atoms in total. The van der Waals surface area contributed by atoms with Crippen molar-refractivity contribution < 1.29 is 4.74 Å². The molecule has 1 rings (SSSR count). The van der Waals surface area contributed by atoms with E-state index < -0.39 is 0 Å². The van der Waals surface area contributed by atoms with Gasteiger partial charge in [0.15, 0.2) is 0 Å². The molecule has 66 valence electrons. The zero-order valence-electron chi connectivity index (χ0n) is 6.46. The first kappa shape index (κ1) is 9.70. The SMILES string of the molecule is COC([AsH2])c1c[nH]c(=S)[nH]c1=O. The van der Waals surface area contributed by atoms with E-state index >= 15 is 0 Å². The monoisotopic (exact) mass is 248 g/mol. The summed E-state index contributed by atoms with van der Waals surface area (Å²) in [5, 5.41) is 0. The molecule has 0 aliphatic heterocycles. The molecule has 0 saturated heterocycles. The predicted molar refractivity (Wildman–Crippen MR) is 50.5 cm³/mol. The summed E-state index contributed by atoms with van der Waals surface area (Å²) >= 11 is 6.07. The second-order valence-electron chi connectivity index (χ2n) is 2.18. The molecule has 0 spiro atoms. The molecule has 0 fully saturated rings. The summed E-state index contributed by atoms with van der Waals surface area (Å²) in [6.45, 7) is 0. The van der Waals surface area contributed by atoms with E-state index in [2.05, 4.69) is 9.97 Å².